The molecule has 0 aliphatic carbocycles. The van der Waals surface area contributed by atoms with Crippen molar-refractivity contribution in [3.05, 3.63) is 27.6 Å². The summed E-state index contributed by atoms with van der Waals surface area (Å²) in [7, 11) is 0. The van der Waals surface area contributed by atoms with Gasteiger partial charge in [0.1, 0.15) is 0 Å². The Bertz CT molecular complexity index is 675. The Balaban J connectivity index is 2.37. The molecular formula is C17H20ClNO4S. The minimum absolute atomic E-state index is 0.250. The van der Waals surface area contributed by atoms with E-state index in [1.807, 2.05) is 20.8 Å². The van der Waals surface area contributed by atoms with Crippen LogP contribution in [0.15, 0.2) is 17.0 Å². The Morgan fingerprint density at radius 3 is 2.33 bits per heavy atom. The zero-order chi connectivity index (χ0) is 17.7. The molecule has 1 aliphatic heterocycles. The van der Waals surface area contributed by atoms with Crippen molar-refractivity contribution in [2.75, 3.05) is 19.8 Å². The van der Waals surface area contributed by atoms with E-state index in [0.29, 0.717) is 46.7 Å². The Kier molecular flexibility index (Phi) is 6.57. The van der Waals surface area contributed by atoms with Crippen LogP contribution in [0.1, 0.15) is 32.8 Å². The lowest BCUT2D eigenvalue weighted by Crippen LogP contribution is -2.28. The molecule has 2 rings (SSSR count). The maximum Gasteiger partial charge on any atom is 0.293 e. The van der Waals surface area contributed by atoms with Gasteiger partial charge in [0.15, 0.2) is 11.5 Å². The number of hydrogen-bond acceptors (Lipinski definition) is 5. The van der Waals surface area contributed by atoms with E-state index in [1.54, 1.807) is 18.2 Å². The van der Waals surface area contributed by atoms with Crippen molar-refractivity contribution in [3.8, 4) is 11.5 Å². The summed E-state index contributed by atoms with van der Waals surface area (Å²) in [6.45, 7) is 7.06. The van der Waals surface area contributed by atoms with E-state index >= 15 is 0 Å². The molecule has 2 amide bonds. The summed E-state index contributed by atoms with van der Waals surface area (Å²) in [5, 5.41) is 0.185. The van der Waals surface area contributed by atoms with Crippen LogP contribution < -0.4 is 9.47 Å². The van der Waals surface area contributed by atoms with Crippen LogP contribution in [-0.2, 0) is 4.79 Å². The molecule has 130 valence electrons. The van der Waals surface area contributed by atoms with Crippen molar-refractivity contribution in [1.29, 1.82) is 0 Å². The van der Waals surface area contributed by atoms with Gasteiger partial charge in [-0.3, -0.25) is 14.5 Å². The second-order valence-electron chi connectivity index (χ2n) is 5.02. The van der Waals surface area contributed by atoms with Crippen LogP contribution >= 0.6 is 23.4 Å². The lowest BCUT2D eigenvalue weighted by atomic mass is 10.1. The van der Waals surface area contributed by atoms with Gasteiger partial charge in [0.2, 0.25) is 0 Å². The molecular weight excluding hydrogens is 350 g/mol. The largest absolute Gasteiger partial charge is 0.490 e. The molecule has 1 aromatic carbocycles. The SMILES string of the molecule is CCCN1C(=O)S/C(=C/c2cc(OCC)c(OCC)cc2Cl)C1=O. The summed E-state index contributed by atoms with van der Waals surface area (Å²) in [6.07, 6.45) is 2.35. The second kappa shape index (κ2) is 8.44. The third-order valence-corrected chi connectivity index (χ3v) is 4.50. The summed E-state index contributed by atoms with van der Waals surface area (Å²) in [5.74, 6) is 0.832. The van der Waals surface area contributed by atoms with Crippen LogP contribution in [0.3, 0.4) is 0 Å². The Morgan fingerprint density at radius 2 is 1.75 bits per heavy atom. The highest BCUT2D eigenvalue weighted by molar-refractivity contribution is 8.18. The van der Waals surface area contributed by atoms with Gasteiger partial charge >= 0.3 is 0 Å². The maximum absolute atomic E-state index is 12.3. The Hall–Kier alpha value is -1.66. The van der Waals surface area contributed by atoms with Crippen molar-refractivity contribution in [3.63, 3.8) is 0 Å². The molecule has 0 atom stereocenters. The first-order valence-corrected chi connectivity index (χ1v) is 9.05. The molecule has 1 saturated heterocycles. The molecule has 1 heterocycles. The van der Waals surface area contributed by atoms with Gasteiger partial charge in [0, 0.05) is 12.6 Å². The van der Waals surface area contributed by atoms with E-state index in [1.165, 1.54) is 4.90 Å². The number of amides is 2. The molecule has 24 heavy (non-hydrogen) atoms. The monoisotopic (exact) mass is 369 g/mol. The number of carbonyl (C=O) groups is 2. The molecule has 1 fully saturated rings. The zero-order valence-electron chi connectivity index (χ0n) is 13.9. The lowest BCUT2D eigenvalue weighted by molar-refractivity contribution is -0.122. The van der Waals surface area contributed by atoms with Crippen molar-refractivity contribution in [1.82, 2.24) is 4.90 Å². The van der Waals surface area contributed by atoms with Gasteiger partial charge in [-0.05, 0) is 49.7 Å². The van der Waals surface area contributed by atoms with Crippen molar-refractivity contribution in [2.45, 2.75) is 27.2 Å². The Labute approximate surface area is 150 Å². The number of carbonyl (C=O) groups excluding carboxylic acids is 2. The predicted octanol–water partition coefficient (Wildman–Crippen LogP) is 4.58. The first-order chi connectivity index (χ1) is 11.5. The van der Waals surface area contributed by atoms with Crippen molar-refractivity contribution < 1.29 is 19.1 Å². The fraction of sp³-hybridized carbons (Fsp3) is 0.412. The fourth-order valence-electron chi connectivity index (χ4n) is 2.26. The summed E-state index contributed by atoms with van der Waals surface area (Å²) >= 11 is 7.22. The number of thioether (sulfide) groups is 1. The van der Waals surface area contributed by atoms with Crippen molar-refractivity contribution in [2.24, 2.45) is 0 Å². The van der Waals surface area contributed by atoms with Gasteiger partial charge < -0.3 is 9.47 Å². The second-order valence-corrected chi connectivity index (χ2v) is 6.42. The molecule has 0 spiro atoms. The average molecular weight is 370 g/mol. The number of imide groups is 1. The van der Waals surface area contributed by atoms with Gasteiger partial charge in [-0.15, -0.1) is 0 Å². The number of benzene rings is 1. The normalized spacial score (nSPS) is 16.2. The summed E-state index contributed by atoms with van der Waals surface area (Å²) in [5.41, 5.74) is 0.616. The van der Waals surface area contributed by atoms with Gasteiger partial charge in [-0.25, -0.2) is 0 Å². The molecule has 0 saturated carbocycles. The van der Waals surface area contributed by atoms with Crippen LogP contribution in [-0.4, -0.2) is 35.8 Å². The highest BCUT2D eigenvalue weighted by Crippen LogP contribution is 2.38. The molecule has 0 bridgehead atoms. The average Bonchev–Trinajstić information content (AvgIpc) is 2.80. The summed E-state index contributed by atoms with van der Waals surface area (Å²) < 4.78 is 11.1. The van der Waals surface area contributed by atoms with E-state index < -0.39 is 0 Å². The number of rotatable bonds is 7. The molecule has 5 nitrogen and oxygen atoms in total. The van der Waals surface area contributed by atoms with E-state index in [0.717, 1.165) is 18.2 Å². The minimum atomic E-state index is -0.283. The Morgan fingerprint density at radius 1 is 1.12 bits per heavy atom. The van der Waals surface area contributed by atoms with E-state index in [-0.39, 0.29) is 11.1 Å². The molecule has 1 aliphatic rings. The van der Waals surface area contributed by atoms with Gasteiger partial charge in [-0.2, -0.15) is 0 Å². The molecule has 0 N–H and O–H groups in total. The predicted molar refractivity (Wildman–Crippen MR) is 96.8 cm³/mol. The van der Waals surface area contributed by atoms with Gasteiger partial charge in [0.25, 0.3) is 11.1 Å². The highest BCUT2D eigenvalue weighted by atomic mass is 35.5. The third-order valence-electron chi connectivity index (χ3n) is 3.27. The topological polar surface area (TPSA) is 55.8 Å². The number of hydrogen-bond donors (Lipinski definition) is 0. The van der Waals surface area contributed by atoms with Crippen molar-refractivity contribution >= 4 is 40.6 Å². The number of halogens is 1. The molecule has 0 unspecified atom stereocenters. The molecule has 7 heteroatoms. The number of nitrogens with zero attached hydrogens (tertiary/aromatic N) is 1. The van der Waals surface area contributed by atoms with E-state index in [4.69, 9.17) is 21.1 Å². The van der Waals surface area contributed by atoms with Gasteiger partial charge in [0.05, 0.1) is 23.1 Å². The van der Waals surface area contributed by atoms with Crippen LogP contribution in [0, 0.1) is 0 Å². The zero-order valence-corrected chi connectivity index (χ0v) is 15.5. The number of ether oxygens (including phenoxy) is 2. The lowest BCUT2D eigenvalue weighted by Gasteiger charge is -2.13. The van der Waals surface area contributed by atoms with E-state index in [2.05, 4.69) is 0 Å². The first-order valence-electron chi connectivity index (χ1n) is 7.86. The standard InChI is InChI=1S/C17H20ClNO4S/c1-4-7-19-16(20)15(24-17(19)21)9-11-8-13(22-5-2)14(23-6-3)10-12(11)18/h8-10H,4-7H2,1-3H3/b15-9+. The van der Waals surface area contributed by atoms with E-state index in [9.17, 15) is 9.59 Å². The summed E-state index contributed by atoms with van der Waals surface area (Å²) in [4.78, 5) is 25.9. The fourth-order valence-corrected chi connectivity index (χ4v) is 3.32. The van der Waals surface area contributed by atoms with Crippen LogP contribution in [0.25, 0.3) is 6.08 Å². The highest BCUT2D eigenvalue weighted by Gasteiger charge is 2.34. The van der Waals surface area contributed by atoms with Crippen LogP contribution in [0.2, 0.25) is 5.02 Å². The smallest absolute Gasteiger partial charge is 0.293 e. The molecule has 0 aromatic heterocycles. The van der Waals surface area contributed by atoms with Crippen LogP contribution in [0.5, 0.6) is 11.5 Å². The quantitative estimate of drug-likeness (QED) is 0.658. The first kappa shape index (κ1) is 18.7. The minimum Gasteiger partial charge on any atom is -0.490 e. The molecule has 1 aromatic rings. The molecule has 0 radical (unpaired) electrons. The summed E-state index contributed by atoms with van der Waals surface area (Å²) in [6, 6.07) is 3.39. The third kappa shape index (κ3) is 4.05. The van der Waals surface area contributed by atoms with Gasteiger partial charge in [-0.1, -0.05) is 18.5 Å². The maximum atomic E-state index is 12.3. The van der Waals surface area contributed by atoms with Crippen LogP contribution in [0.4, 0.5) is 4.79 Å².